The predicted molar refractivity (Wildman–Crippen MR) is 77.5 cm³/mol. The quantitative estimate of drug-likeness (QED) is 0.898. The van der Waals surface area contributed by atoms with E-state index in [9.17, 15) is 4.79 Å². The zero-order valence-corrected chi connectivity index (χ0v) is 12.0. The van der Waals surface area contributed by atoms with E-state index >= 15 is 0 Å². The van der Waals surface area contributed by atoms with E-state index in [2.05, 4.69) is 10.3 Å². The number of aliphatic carboxylic acids is 1. The van der Waals surface area contributed by atoms with Crippen LogP contribution in [-0.4, -0.2) is 16.1 Å². The largest absolute Gasteiger partial charge is 0.481 e. The lowest BCUT2D eigenvalue weighted by atomic mass is 9.90. The van der Waals surface area contributed by atoms with Gasteiger partial charge in [-0.1, -0.05) is 23.7 Å². The van der Waals surface area contributed by atoms with Crippen LogP contribution < -0.4 is 5.32 Å². The molecule has 1 heterocycles. The molecule has 0 amide bonds. The molecule has 0 bridgehead atoms. The molecule has 0 aliphatic heterocycles. The van der Waals surface area contributed by atoms with Gasteiger partial charge in [0.2, 0.25) is 0 Å². The second-order valence-corrected chi connectivity index (χ2v) is 5.84. The van der Waals surface area contributed by atoms with Crippen LogP contribution in [0.5, 0.6) is 0 Å². The van der Waals surface area contributed by atoms with Gasteiger partial charge in [0.1, 0.15) is 5.41 Å². The van der Waals surface area contributed by atoms with Crippen molar-refractivity contribution >= 4 is 39.7 Å². The van der Waals surface area contributed by atoms with Crippen LogP contribution in [0.2, 0.25) is 5.02 Å². The third-order valence-corrected chi connectivity index (χ3v) is 3.88. The number of hydrogen-bond acceptors (Lipinski definition) is 4. The van der Waals surface area contributed by atoms with Crippen LogP contribution in [0.3, 0.4) is 0 Å². The van der Waals surface area contributed by atoms with E-state index < -0.39 is 11.4 Å². The van der Waals surface area contributed by atoms with Gasteiger partial charge in [0.15, 0.2) is 5.13 Å². The Bertz CT molecular complexity index is 610. The lowest BCUT2D eigenvalue weighted by Crippen LogP contribution is -2.28. The number of halogens is 1. The summed E-state index contributed by atoms with van der Waals surface area (Å²) in [5, 5.41) is 15.2. The zero-order valence-electron chi connectivity index (χ0n) is 10.5. The smallest absolute Gasteiger partial charge is 0.315 e. The fourth-order valence-corrected chi connectivity index (χ4v) is 2.48. The summed E-state index contributed by atoms with van der Waals surface area (Å²) in [5.41, 5.74) is 0.273. The summed E-state index contributed by atoms with van der Waals surface area (Å²) in [6, 6.07) is 7.32. The minimum atomic E-state index is -1.00. The number of aromatic nitrogens is 1. The van der Waals surface area contributed by atoms with Crippen molar-refractivity contribution in [3.63, 3.8) is 0 Å². The Balaban J connectivity index is 2.23. The van der Waals surface area contributed by atoms with Crippen molar-refractivity contribution in [3.05, 3.63) is 40.4 Å². The molecule has 0 aliphatic rings. The lowest BCUT2D eigenvalue weighted by molar-refractivity contribution is -0.142. The molecular formula is C13H13ClN2O2S. The molecular weight excluding hydrogens is 284 g/mol. The molecule has 0 atom stereocenters. The molecule has 100 valence electrons. The number of rotatable bonds is 4. The molecule has 6 heteroatoms. The average molecular weight is 297 g/mol. The predicted octanol–water partition coefficient (Wildman–Crippen LogP) is 3.90. The number of nitrogens with one attached hydrogen (secondary N) is 1. The number of benzene rings is 1. The van der Waals surface area contributed by atoms with Gasteiger partial charge in [-0.3, -0.25) is 4.79 Å². The fraction of sp³-hybridized carbons (Fsp3) is 0.231. The molecule has 2 N–H and O–H groups in total. The summed E-state index contributed by atoms with van der Waals surface area (Å²) in [6.07, 6.45) is 0. The highest BCUT2D eigenvalue weighted by atomic mass is 35.5. The first-order valence-corrected chi connectivity index (χ1v) is 6.88. The van der Waals surface area contributed by atoms with Crippen LogP contribution in [0.1, 0.15) is 19.5 Å². The van der Waals surface area contributed by atoms with Crippen LogP contribution in [0, 0.1) is 0 Å². The topological polar surface area (TPSA) is 62.2 Å². The number of para-hydroxylation sites is 1. The van der Waals surface area contributed by atoms with Crippen LogP contribution >= 0.6 is 22.9 Å². The molecule has 1 aromatic carbocycles. The molecule has 0 saturated heterocycles. The third-order valence-electron chi connectivity index (χ3n) is 2.79. The number of anilines is 2. The minimum Gasteiger partial charge on any atom is -0.481 e. The van der Waals surface area contributed by atoms with Gasteiger partial charge >= 0.3 is 5.97 Å². The second kappa shape index (κ2) is 5.19. The summed E-state index contributed by atoms with van der Waals surface area (Å²) in [5.74, 6) is -0.901. The van der Waals surface area contributed by atoms with Gasteiger partial charge in [-0.05, 0) is 26.0 Å². The molecule has 2 aromatic rings. The van der Waals surface area contributed by atoms with Crippen molar-refractivity contribution in [2.75, 3.05) is 5.32 Å². The van der Waals surface area contributed by atoms with Crippen molar-refractivity contribution < 1.29 is 9.90 Å². The first-order chi connectivity index (χ1) is 8.91. The Hall–Kier alpha value is -1.59. The minimum absolute atomic E-state index is 0.527. The average Bonchev–Trinajstić information content (AvgIpc) is 2.81. The second-order valence-electron chi connectivity index (χ2n) is 4.57. The maximum absolute atomic E-state index is 11.2. The number of nitrogens with zero attached hydrogens (tertiary/aromatic N) is 1. The van der Waals surface area contributed by atoms with Crippen LogP contribution in [0.4, 0.5) is 10.8 Å². The number of hydrogen-bond donors (Lipinski definition) is 2. The Morgan fingerprint density at radius 3 is 2.74 bits per heavy atom. The highest BCUT2D eigenvalue weighted by molar-refractivity contribution is 7.13. The summed E-state index contributed by atoms with van der Waals surface area (Å²) >= 11 is 7.39. The molecule has 0 unspecified atom stereocenters. The van der Waals surface area contributed by atoms with Gasteiger partial charge in [-0.25, -0.2) is 4.98 Å². The Labute approximate surface area is 120 Å². The molecule has 0 spiro atoms. The van der Waals surface area contributed by atoms with Gasteiger partial charge in [-0.2, -0.15) is 0 Å². The maximum Gasteiger partial charge on any atom is 0.315 e. The van der Waals surface area contributed by atoms with Crippen LogP contribution in [-0.2, 0) is 10.2 Å². The number of thiazole rings is 1. The van der Waals surface area contributed by atoms with Crippen molar-refractivity contribution in [2.24, 2.45) is 0 Å². The first kappa shape index (κ1) is 13.8. The molecule has 0 radical (unpaired) electrons. The Kier molecular flexibility index (Phi) is 3.78. The zero-order chi connectivity index (χ0) is 14.0. The molecule has 2 rings (SSSR count). The number of carboxylic acids is 1. The summed E-state index contributed by atoms with van der Waals surface area (Å²) in [7, 11) is 0. The third kappa shape index (κ3) is 2.88. The molecule has 0 saturated carbocycles. The first-order valence-electron chi connectivity index (χ1n) is 5.62. The van der Waals surface area contributed by atoms with Crippen LogP contribution in [0.25, 0.3) is 0 Å². The Morgan fingerprint density at radius 1 is 1.42 bits per heavy atom. The van der Waals surface area contributed by atoms with Gasteiger partial charge in [0.25, 0.3) is 0 Å². The summed E-state index contributed by atoms with van der Waals surface area (Å²) in [4.78, 5) is 15.5. The molecule has 4 nitrogen and oxygen atoms in total. The Morgan fingerprint density at radius 2 is 2.11 bits per heavy atom. The van der Waals surface area contributed by atoms with E-state index in [1.165, 1.54) is 11.3 Å². The fourth-order valence-electron chi connectivity index (χ4n) is 1.41. The van der Waals surface area contributed by atoms with Gasteiger partial charge < -0.3 is 10.4 Å². The van der Waals surface area contributed by atoms with Crippen molar-refractivity contribution in [2.45, 2.75) is 19.3 Å². The van der Waals surface area contributed by atoms with E-state index in [4.69, 9.17) is 16.7 Å². The highest BCUT2D eigenvalue weighted by Gasteiger charge is 2.32. The van der Waals surface area contributed by atoms with Gasteiger partial charge in [0, 0.05) is 5.38 Å². The molecule has 0 fully saturated rings. The van der Waals surface area contributed by atoms with Crippen LogP contribution in [0.15, 0.2) is 29.6 Å². The normalized spacial score (nSPS) is 11.3. The van der Waals surface area contributed by atoms with Crippen molar-refractivity contribution in [3.8, 4) is 0 Å². The lowest BCUT2D eigenvalue weighted by Gasteiger charge is -2.15. The van der Waals surface area contributed by atoms with Crippen molar-refractivity contribution in [1.82, 2.24) is 4.98 Å². The summed E-state index contributed by atoms with van der Waals surface area (Å²) in [6.45, 7) is 3.26. The van der Waals surface area contributed by atoms with E-state index in [1.807, 2.05) is 18.2 Å². The van der Waals surface area contributed by atoms with Crippen molar-refractivity contribution in [1.29, 1.82) is 0 Å². The monoisotopic (exact) mass is 296 g/mol. The standard InChI is InChI=1S/C13H13ClN2O2S/c1-13(2,11(17)18)10-7-19-12(16-10)15-9-6-4-3-5-8(9)14/h3-7H,1-2H3,(H,15,16)(H,17,18). The van der Waals surface area contributed by atoms with Gasteiger partial charge in [0.05, 0.1) is 16.4 Å². The molecule has 1 aromatic heterocycles. The number of carboxylic acid groups (broad SMARTS) is 1. The highest BCUT2D eigenvalue weighted by Crippen LogP contribution is 2.30. The van der Waals surface area contributed by atoms with E-state index in [0.717, 1.165) is 5.69 Å². The van der Waals surface area contributed by atoms with E-state index in [-0.39, 0.29) is 0 Å². The van der Waals surface area contributed by atoms with E-state index in [1.54, 1.807) is 25.3 Å². The maximum atomic E-state index is 11.2. The summed E-state index contributed by atoms with van der Waals surface area (Å²) < 4.78 is 0. The SMILES string of the molecule is CC(C)(C(=O)O)c1csc(Nc2ccccc2Cl)n1. The van der Waals surface area contributed by atoms with Gasteiger partial charge in [-0.15, -0.1) is 11.3 Å². The number of carbonyl (C=O) groups is 1. The molecule has 19 heavy (non-hydrogen) atoms. The molecule has 0 aliphatic carbocycles. The van der Waals surface area contributed by atoms with E-state index in [0.29, 0.717) is 15.8 Å².